The van der Waals surface area contributed by atoms with Crippen molar-refractivity contribution in [3.8, 4) is 0 Å². The van der Waals surface area contributed by atoms with Crippen LogP contribution in [0.5, 0.6) is 0 Å². The van der Waals surface area contributed by atoms with Crippen molar-refractivity contribution in [2.45, 2.75) is 56.7 Å². The Bertz CT molecular complexity index is 356. The van der Waals surface area contributed by atoms with Crippen LogP contribution in [0.2, 0.25) is 0 Å². The monoisotopic (exact) mass is 280 g/mol. The van der Waals surface area contributed by atoms with E-state index in [0.29, 0.717) is 4.83 Å². The van der Waals surface area contributed by atoms with Crippen LogP contribution < -0.4 is 0 Å². The molecule has 0 bridgehead atoms. The highest BCUT2D eigenvalue weighted by molar-refractivity contribution is 9.09. The van der Waals surface area contributed by atoms with Crippen LogP contribution in [-0.4, -0.2) is 4.83 Å². The van der Waals surface area contributed by atoms with E-state index in [4.69, 9.17) is 0 Å². The van der Waals surface area contributed by atoms with Crippen LogP contribution in [0, 0.1) is 13.8 Å². The Morgan fingerprint density at radius 2 is 1.81 bits per heavy atom. The number of halogens is 1. The van der Waals surface area contributed by atoms with Gasteiger partial charge in [-0.1, -0.05) is 53.4 Å². The Balaban J connectivity index is 2.30. The second kappa shape index (κ2) is 5.35. The summed E-state index contributed by atoms with van der Waals surface area (Å²) in [5.41, 5.74) is 4.50. The molecule has 2 rings (SSSR count). The van der Waals surface area contributed by atoms with E-state index in [9.17, 15) is 0 Å². The largest absolute Gasteiger partial charge is 0.0884 e. The van der Waals surface area contributed by atoms with E-state index in [1.165, 1.54) is 43.2 Å². The zero-order valence-corrected chi connectivity index (χ0v) is 11.9. The third-order valence-corrected chi connectivity index (χ3v) is 5.07. The summed E-state index contributed by atoms with van der Waals surface area (Å²) in [4.78, 5) is 0.676. The van der Waals surface area contributed by atoms with E-state index in [0.717, 1.165) is 5.92 Å². The molecule has 1 aromatic rings. The molecule has 2 atom stereocenters. The summed E-state index contributed by atoms with van der Waals surface area (Å²) in [5.74, 6) is 0.724. The standard InChI is InChI=1S/C15H21Br/c1-11-7-6-9-13(12(11)2)14-8-4-3-5-10-15(14)16/h6-7,9,14-15H,3-5,8,10H2,1-2H3. The molecule has 1 aliphatic carbocycles. The fourth-order valence-corrected chi connectivity index (χ4v) is 3.66. The van der Waals surface area contributed by atoms with E-state index < -0.39 is 0 Å². The maximum absolute atomic E-state index is 3.90. The minimum Gasteiger partial charge on any atom is -0.0884 e. The minimum atomic E-state index is 0.676. The summed E-state index contributed by atoms with van der Waals surface area (Å²) in [6.07, 6.45) is 6.86. The lowest BCUT2D eigenvalue weighted by atomic mass is 9.87. The van der Waals surface area contributed by atoms with Crippen molar-refractivity contribution in [2.75, 3.05) is 0 Å². The Hall–Kier alpha value is -0.300. The molecule has 0 aromatic heterocycles. The fourth-order valence-electron chi connectivity index (χ4n) is 2.79. The molecule has 0 nitrogen and oxygen atoms in total. The number of aryl methyl sites for hydroxylation is 1. The van der Waals surface area contributed by atoms with E-state index in [-0.39, 0.29) is 0 Å². The van der Waals surface area contributed by atoms with Crippen LogP contribution in [0.15, 0.2) is 18.2 Å². The normalized spacial score (nSPS) is 26.4. The van der Waals surface area contributed by atoms with Gasteiger partial charge in [0.2, 0.25) is 0 Å². The topological polar surface area (TPSA) is 0 Å². The van der Waals surface area contributed by atoms with Crippen molar-refractivity contribution in [3.63, 3.8) is 0 Å². The number of hydrogen-bond donors (Lipinski definition) is 0. The molecular formula is C15H21Br. The molecule has 0 heterocycles. The first-order chi connectivity index (χ1) is 7.70. The predicted octanol–water partition coefficient (Wildman–Crippen LogP) is 5.11. The Morgan fingerprint density at radius 3 is 2.62 bits per heavy atom. The van der Waals surface area contributed by atoms with Gasteiger partial charge in [0.15, 0.2) is 0 Å². The first-order valence-corrected chi connectivity index (χ1v) is 7.32. The van der Waals surface area contributed by atoms with Crippen LogP contribution in [0.3, 0.4) is 0 Å². The first-order valence-electron chi connectivity index (χ1n) is 6.40. The third-order valence-electron chi connectivity index (χ3n) is 3.98. The molecule has 0 N–H and O–H groups in total. The molecule has 0 radical (unpaired) electrons. The van der Waals surface area contributed by atoms with Crippen LogP contribution >= 0.6 is 15.9 Å². The van der Waals surface area contributed by atoms with Gasteiger partial charge in [-0.3, -0.25) is 0 Å². The number of alkyl halides is 1. The average Bonchev–Trinajstić information content (AvgIpc) is 2.47. The maximum Gasteiger partial charge on any atom is 0.0214 e. The molecule has 1 heteroatoms. The van der Waals surface area contributed by atoms with Gasteiger partial charge < -0.3 is 0 Å². The summed E-state index contributed by atoms with van der Waals surface area (Å²) < 4.78 is 0. The highest BCUT2D eigenvalue weighted by atomic mass is 79.9. The molecule has 0 spiro atoms. The number of rotatable bonds is 1. The molecule has 88 valence electrons. The molecule has 1 saturated carbocycles. The Kier molecular flexibility index (Phi) is 4.07. The molecule has 0 saturated heterocycles. The van der Waals surface area contributed by atoms with Crippen LogP contribution in [0.4, 0.5) is 0 Å². The molecule has 16 heavy (non-hydrogen) atoms. The lowest BCUT2D eigenvalue weighted by Gasteiger charge is -2.23. The Morgan fingerprint density at radius 1 is 1.06 bits per heavy atom. The van der Waals surface area contributed by atoms with Crippen LogP contribution in [0.25, 0.3) is 0 Å². The van der Waals surface area contributed by atoms with Gasteiger partial charge in [-0.15, -0.1) is 0 Å². The zero-order chi connectivity index (χ0) is 11.5. The zero-order valence-electron chi connectivity index (χ0n) is 10.3. The van der Waals surface area contributed by atoms with Crippen LogP contribution in [0.1, 0.15) is 54.7 Å². The second-order valence-electron chi connectivity index (χ2n) is 5.05. The molecule has 0 amide bonds. The minimum absolute atomic E-state index is 0.676. The fraction of sp³-hybridized carbons (Fsp3) is 0.600. The van der Waals surface area contributed by atoms with Crippen molar-refractivity contribution in [1.82, 2.24) is 0 Å². The van der Waals surface area contributed by atoms with Gasteiger partial charge in [-0.05, 0) is 49.3 Å². The summed E-state index contributed by atoms with van der Waals surface area (Å²) in [7, 11) is 0. The number of hydrogen-bond acceptors (Lipinski definition) is 0. The molecule has 1 fully saturated rings. The van der Waals surface area contributed by atoms with Gasteiger partial charge in [0.05, 0.1) is 0 Å². The molecular weight excluding hydrogens is 260 g/mol. The SMILES string of the molecule is Cc1cccc(C2CCCCCC2Br)c1C. The van der Waals surface area contributed by atoms with Gasteiger partial charge >= 0.3 is 0 Å². The van der Waals surface area contributed by atoms with E-state index in [1.54, 1.807) is 5.56 Å². The van der Waals surface area contributed by atoms with E-state index >= 15 is 0 Å². The average molecular weight is 281 g/mol. The highest BCUT2D eigenvalue weighted by Crippen LogP contribution is 2.38. The summed E-state index contributed by atoms with van der Waals surface area (Å²) in [5, 5.41) is 0. The van der Waals surface area contributed by atoms with Gasteiger partial charge in [0.25, 0.3) is 0 Å². The van der Waals surface area contributed by atoms with Gasteiger partial charge in [-0.2, -0.15) is 0 Å². The maximum atomic E-state index is 3.90. The molecule has 1 aromatic carbocycles. The molecule has 1 aliphatic rings. The summed E-state index contributed by atoms with van der Waals surface area (Å²) in [6, 6.07) is 6.76. The quantitative estimate of drug-likeness (QED) is 0.495. The lowest BCUT2D eigenvalue weighted by molar-refractivity contribution is 0.609. The highest BCUT2D eigenvalue weighted by Gasteiger charge is 2.24. The lowest BCUT2D eigenvalue weighted by Crippen LogP contribution is -2.12. The van der Waals surface area contributed by atoms with Gasteiger partial charge in [-0.25, -0.2) is 0 Å². The van der Waals surface area contributed by atoms with Gasteiger partial charge in [0, 0.05) is 4.83 Å². The summed E-state index contributed by atoms with van der Waals surface area (Å²) in [6.45, 7) is 4.49. The predicted molar refractivity (Wildman–Crippen MR) is 74.5 cm³/mol. The van der Waals surface area contributed by atoms with Crippen molar-refractivity contribution < 1.29 is 0 Å². The molecule has 2 unspecified atom stereocenters. The van der Waals surface area contributed by atoms with Crippen molar-refractivity contribution in [3.05, 3.63) is 34.9 Å². The number of benzene rings is 1. The Labute approximate surface area is 108 Å². The smallest absolute Gasteiger partial charge is 0.0214 e. The van der Waals surface area contributed by atoms with Crippen molar-refractivity contribution >= 4 is 15.9 Å². The van der Waals surface area contributed by atoms with Gasteiger partial charge in [0.1, 0.15) is 0 Å². The van der Waals surface area contributed by atoms with Crippen LogP contribution in [-0.2, 0) is 0 Å². The second-order valence-corrected chi connectivity index (χ2v) is 6.23. The van der Waals surface area contributed by atoms with E-state index in [2.05, 4.69) is 48.0 Å². The first kappa shape index (κ1) is 12.2. The van der Waals surface area contributed by atoms with Crippen molar-refractivity contribution in [1.29, 1.82) is 0 Å². The summed E-state index contributed by atoms with van der Waals surface area (Å²) >= 11 is 3.90. The van der Waals surface area contributed by atoms with E-state index in [1.807, 2.05) is 0 Å². The third kappa shape index (κ3) is 2.51. The van der Waals surface area contributed by atoms with Crippen molar-refractivity contribution in [2.24, 2.45) is 0 Å². The molecule has 0 aliphatic heterocycles.